The van der Waals surface area contributed by atoms with Crippen LogP contribution in [0, 0.1) is 0 Å². The number of amides is 1. The fraction of sp³-hybridized carbons (Fsp3) is 0.533. The van der Waals surface area contributed by atoms with E-state index < -0.39 is 0 Å². The molecule has 0 aromatic heterocycles. The first kappa shape index (κ1) is 15.0. The summed E-state index contributed by atoms with van der Waals surface area (Å²) in [7, 11) is 5.73. The highest BCUT2D eigenvalue weighted by Gasteiger charge is 2.28. The van der Waals surface area contributed by atoms with Gasteiger partial charge in [0.05, 0.1) is 12.1 Å². The summed E-state index contributed by atoms with van der Waals surface area (Å²) in [5.74, 6) is -0.0443. The lowest BCUT2D eigenvalue weighted by molar-refractivity contribution is 0.0780. The number of benzene rings is 1. The Bertz CT molecular complexity index is 445. The highest BCUT2D eigenvalue weighted by Crippen LogP contribution is 2.09. The number of carbonyl (C=O) groups is 1. The fourth-order valence-corrected chi connectivity index (χ4v) is 2.42. The van der Waals surface area contributed by atoms with E-state index in [1.54, 1.807) is 7.11 Å². The second kappa shape index (κ2) is 6.83. The van der Waals surface area contributed by atoms with Crippen molar-refractivity contribution in [2.45, 2.75) is 18.7 Å². The number of carbonyl (C=O) groups excluding carboxylic acids is 1. The predicted octanol–water partition coefficient (Wildman–Crippen LogP) is 0.465. The minimum atomic E-state index is -0.0443. The van der Waals surface area contributed by atoms with Gasteiger partial charge in [0.25, 0.3) is 5.91 Å². The van der Waals surface area contributed by atoms with Crippen molar-refractivity contribution in [1.82, 2.24) is 15.5 Å². The van der Waals surface area contributed by atoms with E-state index in [9.17, 15) is 4.79 Å². The second-order valence-corrected chi connectivity index (χ2v) is 5.45. The average molecular weight is 277 g/mol. The summed E-state index contributed by atoms with van der Waals surface area (Å²) in [5.41, 5.74) is 1.89. The third-order valence-electron chi connectivity index (χ3n) is 3.49. The fourth-order valence-electron chi connectivity index (χ4n) is 2.42. The Labute approximate surface area is 120 Å². The molecule has 1 amide bonds. The molecule has 1 aliphatic heterocycles. The van der Waals surface area contributed by atoms with E-state index in [2.05, 4.69) is 15.5 Å². The van der Waals surface area contributed by atoms with Crippen LogP contribution in [0.2, 0.25) is 0 Å². The highest BCUT2D eigenvalue weighted by atomic mass is 16.5. The van der Waals surface area contributed by atoms with Crippen LogP contribution in [0.1, 0.15) is 15.9 Å². The lowest BCUT2D eigenvalue weighted by Gasteiger charge is -2.18. The van der Waals surface area contributed by atoms with Crippen molar-refractivity contribution in [3.63, 3.8) is 0 Å². The van der Waals surface area contributed by atoms with E-state index in [1.165, 1.54) is 5.56 Å². The molecule has 1 saturated heterocycles. The third-order valence-corrected chi connectivity index (χ3v) is 3.49. The predicted molar refractivity (Wildman–Crippen MR) is 78.8 cm³/mol. The molecule has 0 bridgehead atoms. The van der Waals surface area contributed by atoms with E-state index in [1.807, 2.05) is 38.4 Å². The van der Waals surface area contributed by atoms with Crippen LogP contribution in [0.25, 0.3) is 0 Å². The molecular weight excluding hydrogens is 254 g/mol. The Hall–Kier alpha value is -1.43. The number of methoxy groups -OCH3 is 1. The van der Waals surface area contributed by atoms with E-state index in [0.29, 0.717) is 5.56 Å². The maximum absolute atomic E-state index is 12.2. The van der Waals surface area contributed by atoms with Gasteiger partial charge in [0.15, 0.2) is 0 Å². The van der Waals surface area contributed by atoms with E-state index >= 15 is 0 Å². The van der Waals surface area contributed by atoms with Crippen molar-refractivity contribution in [2.75, 3.05) is 34.3 Å². The summed E-state index contributed by atoms with van der Waals surface area (Å²) >= 11 is 0. The molecule has 0 saturated carbocycles. The molecule has 0 radical (unpaired) electrons. The third kappa shape index (κ3) is 3.79. The molecule has 1 aromatic carbocycles. The van der Waals surface area contributed by atoms with Crippen molar-refractivity contribution >= 4 is 5.91 Å². The quantitative estimate of drug-likeness (QED) is 0.821. The topological polar surface area (TPSA) is 53.6 Å². The van der Waals surface area contributed by atoms with Gasteiger partial charge in [-0.25, -0.2) is 0 Å². The van der Waals surface area contributed by atoms with Crippen LogP contribution >= 0.6 is 0 Å². The molecule has 1 fully saturated rings. The second-order valence-electron chi connectivity index (χ2n) is 5.45. The number of hydrogen-bond donors (Lipinski definition) is 2. The van der Waals surface area contributed by atoms with Gasteiger partial charge < -0.3 is 20.3 Å². The van der Waals surface area contributed by atoms with Gasteiger partial charge in [0, 0.05) is 32.3 Å². The summed E-state index contributed by atoms with van der Waals surface area (Å²) in [5, 5.41) is 6.24. The Kier molecular flexibility index (Phi) is 5.11. The number of rotatable bonds is 5. The maximum atomic E-state index is 12.2. The molecule has 0 spiro atoms. The molecule has 1 aliphatic rings. The van der Waals surface area contributed by atoms with E-state index in [0.717, 1.165) is 19.6 Å². The lowest BCUT2D eigenvalue weighted by Crippen LogP contribution is -2.43. The van der Waals surface area contributed by atoms with Gasteiger partial charge in [-0.05, 0) is 31.8 Å². The molecule has 5 nitrogen and oxygen atoms in total. The van der Waals surface area contributed by atoms with Gasteiger partial charge in [0.1, 0.15) is 0 Å². The first-order valence-corrected chi connectivity index (χ1v) is 6.88. The molecule has 2 N–H and O–H groups in total. The molecule has 5 heteroatoms. The van der Waals surface area contributed by atoms with Crippen LogP contribution in [0.4, 0.5) is 0 Å². The van der Waals surface area contributed by atoms with Gasteiger partial charge >= 0.3 is 0 Å². The van der Waals surface area contributed by atoms with Crippen molar-refractivity contribution in [3.8, 4) is 0 Å². The van der Waals surface area contributed by atoms with Gasteiger partial charge in [-0.15, -0.1) is 0 Å². The van der Waals surface area contributed by atoms with Crippen LogP contribution in [0.15, 0.2) is 24.3 Å². The first-order chi connectivity index (χ1) is 9.60. The molecule has 2 atom stereocenters. The molecule has 0 aliphatic carbocycles. The molecular formula is C15H23N3O2. The minimum Gasteiger partial charge on any atom is -0.378 e. The number of hydrogen-bond acceptors (Lipinski definition) is 4. The summed E-state index contributed by atoms with van der Waals surface area (Å²) in [6, 6.07) is 7.77. The largest absolute Gasteiger partial charge is 0.378 e. The normalized spacial score (nSPS) is 22.2. The zero-order valence-corrected chi connectivity index (χ0v) is 12.3. The SMILES string of the molecule is COC1CNCC1NC(=O)c1ccc(CN(C)C)cc1. The number of nitrogens with one attached hydrogen (secondary N) is 2. The highest BCUT2D eigenvalue weighted by molar-refractivity contribution is 5.94. The zero-order chi connectivity index (χ0) is 14.5. The van der Waals surface area contributed by atoms with Crippen LogP contribution in [-0.2, 0) is 11.3 Å². The van der Waals surface area contributed by atoms with Crippen molar-refractivity contribution in [1.29, 1.82) is 0 Å². The van der Waals surface area contributed by atoms with Crippen LogP contribution in [0.5, 0.6) is 0 Å². The Morgan fingerprint density at radius 1 is 1.35 bits per heavy atom. The van der Waals surface area contributed by atoms with Crippen LogP contribution in [-0.4, -0.2) is 57.2 Å². The Balaban J connectivity index is 1.95. The van der Waals surface area contributed by atoms with Gasteiger partial charge in [-0.3, -0.25) is 4.79 Å². The average Bonchev–Trinajstić information content (AvgIpc) is 2.86. The van der Waals surface area contributed by atoms with Gasteiger partial charge in [-0.2, -0.15) is 0 Å². The van der Waals surface area contributed by atoms with Crippen LogP contribution in [0.3, 0.4) is 0 Å². The van der Waals surface area contributed by atoms with E-state index in [-0.39, 0.29) is 18.1 Å². The Morgan fingerprint density at radius 3 is 2.65 bits per heavy atom. The molecule has 1 aromatic rings. The van der Waals surface area contributed by atoms with Crippen molar-refractivity contribution < 1.29 is 9.53 Å². The number of nitrogens with zero attached hydrogens (tertiary/aromatic N) is 1. The van der Waals surface area contributed by atoms with E-state index in [4.69, 9.17) is 4.74 Å². The smallest absolute Gasteiger partial charge is 0.251 e. The summed E-state index contributed by atoms with van der Waals surface area (Å²) < 4.78 is 5.34. The molecule has 110 valence electrons. The van der Waals surface area contributed by atoms with Gasteiger partial charge in [-0.1, -0.05) is 12.1 Å². The van der Waals surface area contributed by atoms with Crippen LogP contribution < -0.4 is 10.6 Å². The molecule has 2 unspecified atom stereocenters. The zero-order valence-electron chi connectivity index (χ0n) is 12.3. The Morgan fingerprint density at radius 2 is 2.05 bits per heavy atom. The molecule has 1 heterocycles. The summed E-state index contributed by atoms with van der Waals surface area (Å²) in [6.07, 6.45) is 0.0481. The standard InChI is InChI=1S/C15H23N3O2/c1-18(2)10-11-4-6-12(7-5-11)15(19)17-13-8-16-9-14(13)20-3/h4-7,13-14,16H,8-10H2,1-3H3,(H,17,19). The molecule has 2 rings (SSSR count). The minimum absolute atomic E-state index is 0.0361. The lowest BCUT2D eigenvalue weighted by atomic mass is 10.1. The molecule has 20 heavy (non-hydrogen) atoms. The maximum Gasteiger partial charge on any atom is 0.251 e. The van der Waals surface area contributed by atoms with Crippen molar-refractivity contribution in [2.24, 2.45) is 0 Å². The first-order valence-electron chi connectivity index (χ1n) is 6.88. The monoisotopic (exact) mass is 277 g/mol. The number of ether oxygens (including phenoxy) is 1. The van der Waals surface area contributed by atoms with Gasteiger partial charge in [0.2, 0.25) is 0 Å². The van der Waals surface area contributed by atoms with Crippen molar-refractivity contribution in [3.05, 3.63) is 35.4 Å². The summed E-state index contributed by atoms with van der Waals surface area (Å²) in [4.78, 5) is 14.3. The summed E-state index contributed by atoms with van der Waals surface area (Å²) in [6.45, 7) is 2.41.